The lowest BCUT2D eigenvalue weighted by atomic mass is 10.1. The SMILES string of the molecule is CSc1ccc(NC(=O)c2ccc(C)cc2C)cc1. The smallest absolute Gasteiger partial charge is 0.255 e. The van der Waals surface area contributed by atoms with E-state index in [2.05, 4.69) is 5.32 Å². The Labute approximate surface area is 118 Å². The highest BCUT2D eigenvalue weighted by molar-refractivity contribution is 7.98. The van der Waals surface area contributed by atoms with E-state index in [0.29, 0.717) is 0 Å². The third-order valence-electron chi connectivity index (χ3n) is 2.97. The predicted molar refractivity (Wildman–Crippen MR) is 82.1 cm³/mol. The molecule has 2 rings (SSSR count). The summed E-state index contributed by atoms with van der Waals surface area (Å²) in [5.41, 5.74) is 3.71. The van der Waals surface area contributed by atoms with E-state index in [1.54, 1.807) is 11.8 Å². The van der Waals surface area contributed by atoms with Crippen molar-refractivity contribution >= 4 is 23.4 Å². The first-order valence-corrected chi connectivity index (χ1v) is 7.35. The summed E-state index contributed by atoms with van der Waals surface area (Å²) in [6, 6.07) is 13.7. The Kier molecular flexibility index (Phi) is 4.27. The second-order valence-electron chi connectivity index (χ2n) is 4.50. The van der Waals surface area contributed by atoms with Crippen molar-refractivity contribution in [1.82, 2.24) is 0 Å². The number of anilines is 1. The highest BCUT2D eigenvalue weighted by Gasteiger charge is 2.09. The molecule has 0 radical (unpaired) electrons. The van der Waals surface area contributed by atoms with Crippen molar-refractivity contribution < 1.29 is 4.79 Å². The molecule has 0 atom stereocenters. The van der Waals surface area contributed by atoms with Gasteiger partial charge in [-0.15, -0.1) is 11.8 Å². The second-order valence-corrected chi connectivity index (χ2v) is 5.38. The highest BCUT2D eigenvalue weighted by Crippen LogP contribution is 2.19. The van der Waals surface area contributed by atoms with Crippen LogP contribution in [0.1, 0.15) is 21.5 Å². The Morgan fingerprint density at radius 3 is 2.32 bits per heavy atom. The molecular formula is C16H17NOS. The molecule has 3 heteroatoms. The maximum atomic E-state index is 12.2. The van der Waals surface area contributed by atoms with Gasteiger partial charge in [-0.05, 0) is 56.0 Å². The van der Waals surface area contributed by atoms with E-state index in [1.807, 2.05) is 62.6 Å². The van der Waals surface area contributed by atoms with Crippen LogP contribution in [0.5, 0.6) is 0 Å². The average Bonchev–Trinajstić information content (AvgIpc) is 2.39. The van der Waals surface area contributed by atoms with Crippen LogP contribution in [0.3, 0.4) is 0 Å². The average molecular weight is 271 g/mol. The van der Waals surface area contributed by atoms with Crippen LogP contribution in [0, 0.1) is 13.8 Å². The number of thioether (sulfide) groups is 1. The normalized spacial score (nSPS) is 10.3. The number of benzene rings is 2. The molecule has 1 amide bonds. The predicted octanol–water partition coefficient (Wildman–Crippen LogP) is 4.28. The summed E-state index contributed by atoms with van der Waals surface area (Å²) in [5.74, 6) is -0.0607. The van der Waals surface area contributed by atoms with Crippen LogP contribution in [0.15, 0.2) is 47.4 Å². The van der Waals surface area contributed by atoms with Crippen LogP contribution < -0.4 is 5.32 Å². The molecule has 2 aromatic rings. The Hall–Kier alpha value is -1.74. The molecule has 2 nitrogen and oxygen atoms in total. The minimum atomic E-state index is -0.0607. The molecule has 0 fully saturated rings. The molecule has 0 unspecified atom stereocenters. The Morgan fingerprint density at radius 2 is 1.74 bits per heavy atom. The van der Waals surface area contributed by atoms with Gasteiger partial charge in [0.25, 0.3) is 5.91 Å². The van der Waals surface area contributed by atoms with Gasteiger partial charge in [0.2, 0.25) is 0 Å². The first-order chi connectivity index (χ1) is 9.10. The van der Waals surface area contributed by atoms with E-state index in [9.17, 15) is 4.79 Å². The lowest BCUT2D eigenvalue weighted by Gasteiger charge is -2.08. The standard InChI is InChI=1S/C16H17NOS/c1-11-4-9-15(12(2)10-11)16(18)17-13-5-7-14(19-3)8-6-13/h4-10H,1-3H3,(H,17,18). The minimum Gasteiger partial charge on any atom is -0.322 e. The van der Waals surface area contributed by atoms with E-state index in [4.69, 9.17) is 0 Å². The number of carbonyl (C=O) groups excluding carboxylic acids is 1. The second kappa shape index (κ2) is 5.93. The molecule has 1 N–H and O–H groups in total. The first-order valence-electron chi connectivity index (χ1n) is 6.13. The third-order valence-corrected chi connectivity index (χ3v) is 3.72. The zero-order valence-corrected chi connectivity index (χ0v) is 12.2. The summed E-state index contributed by atoms with van der Waals surface area (Å²) < 4.78 is 0. The van der Waals surface area contributed by atoms with Gasteiger partial charge in [-0.1, -0.05) is 17.7 Å². The van der Waals surface area contributed by atoms with Gasteiger partial charge in [-0.2, -0.15) is 0 Å². The highest BCUT2D eigenvalue weighted by atomic mass is 32.2. The summed E-state index contributed by atoms with van der Waals surface area (Å²) in [4.78, 5) is 13.4. The molecule has 0 saturated carbocycles. The van der Waals surface area contributed by atoms with Gasteiger partial charge in [-0.25, -0.2) is 0 Å². The van der Waals surface area contributed by atoms with Crippen molar-refractivity contribution in [3.63, 3.8) is 0 Å². The molecular weight excluding hydrogens is 254 g/mol. The molecule has 0 saturated heterocycles. The summed E-state index contributed by atoms with van der Waals surface area (Å²) in [5, 5.41) is 2.92. The van der Waals surface area contributed by atoms with Gasteiger partial charge >= 0.3 is 0 Å². The number of amides is 1. The van der Waals surface area contributed by atoms with E-state index in [1.165, 1.54) is 10.5 Å². The Morgan fingerprint density at radius 1 is 1.05 bits per heavy atom. The van der Waals surface area contributed by atoms with Crippen molar-refractivity contribution in [2.24, 2.45) is 0 Å². The van der Waals surface area contributed by atoms with Crippen molar-refractivity contribution in [3.05, 3.63) is 59.2 Å². The number of hydrogen-bond donors (Lipinski definition) is 1. The summed E-state index contributed by atoms with van der Waals surface area (Å²) in [7, 11) is 0. The molecule has 0 aromatic heterocycles. The lowest BCUT2D eigenvalue weighted by Crippen LogP contribution is -2.13. The van der Waals surface area contributed by atoms with Crippen LogP contribution in [0.4, 0.5) is 5.69 Å². The van der Waals surface area contributed by atoms with Gasteiger partial charge in [0.1, 0.15) is 0 Å². The Bertz CT molecular complexity index is 590. The van der Waals surface area contributed by atoms with Gasteiger partial charge < -0.3 is 5.32 Å². The van der Waals surface area contributed by atoms with Crippen LogP contribution in [0.2, 0.25) is 0 Å². The first kappa shape index (κ1) is 13.7. The topological polar surface area (TPSA) is 29.1 Å². The van der Waals surface area contributed by atoms with Gasteiger partial charge in [0, 0.05) is 16.1 Å². The van der Waals surface area contributed by atoms with E-state index >= 15 is 0 Å². The fraction of sp³-hybridized carbons (Fsp3) is 0.188. The third kappa shape index (κ3) is 3.38. The van der Waals surface area contributed by atoms with Crippen LogP contribution in [0.25, 0.3) is 0 Å². The van der Waals surface area contributed by atoms with Crippen LogP contribution in [-0.4, -0.2) is 12.2 Å². The molecule has 19 heavy (non-hydrogen) atoms. The fourth-order valence-electron chi connectivity index (χ4n) is 1.94. The quantitative estimate of drug-likeness (QED) is 0.844. The maximum Gasteiger partial charge on any atom is 0.255 e. The number of rotatable bonds is 3. The Balaban J connectivity index is 2.15. The van der Waals surface area contributed by atoms with E-state index in [0.717, 1.165) is 16.8 Å². The van der Waals surface area contributed by atoms with Crippen molar-refractivity contribution in [3.8, 4) is 0 Å². The van der Waals surface area contributed by atoms with Gasteiger partial charge in [0.05, 0.1) is 0 Å². The fourth-order valence-corrected chi connectivity index (χ4v) is 2.35. The lowest BCUT2D eigenvalue weighted by molar-refractivity contribution is 0.102. The number of carbonyl (C=O) groups is 1. The number of hydrogen-bond acceptors (Lipinski definition) is 2. The monoisotopic (exact) mass is 271 g/mol. The zero-order chi connectivity index (χ0) is 13.8. The molecule has 2 aromatic carbocycles. The van der Waals surface area contributed by atoms with Crippen LogP contribution >= 0.6 is 11.8 Å². The molecule has 98 valence electrons. The molecule has 0 spiro atoms. The largest absolute Gasteiger partial charge is 0.322 e. The van der Waals surface area contributed by atoms with Gasteiger partial charge in [-0.3, -0.25) is 4.79 Å². The number of aryl methyl sites for hydroxylation is 2. The molecule has 0 heterocycles. The molecule has 0 aliphatic rings. The van der Waals surface area contributed by atoms with E-state index < -0.39 is 0 Å². The molecule has 0 aliphatic heterocycles. The van der Waals surface area contributed by atoms with Crippen molar-refractivity contribution in [2.75, 3.05) is 11.6 Å². The maximum absolute atomic E-state index is 12.2. The zero-order valence-electron chi connectivity index (χ0n) is 11.4. The van der Waals surface area contributed by atoms with Crippen molar-refractivity contribution in [1.29, 1.82) is 0 Å². The minimum absolute atomic E-state index is 0.0607. The molecule has 0 aliphatic carbocycles. The van der Waals surface area contributed by atoms with Crippen molar-refractivity contribution in [2.45, 2.75) is 18.7 Å². The van der Waals surface area contributed by atoms with E-state index in [-0.39, 0.29) is 5.91 Å². The van der Waals surface area contributed by atoms with Gasteiger partial charge in [0.15, 0.2) is 0 Å². The summed E-state index contributed by atoms with van der Waals surface area (Å²) in [6.07, 6.45) is 2.03. The summed E-state index contributed by atoms with van der Waals surface area (Å²) >= 11 is 1.68. The molecule has 0 bridgehead atoms. The number of nitrogens with one attached hydrogen (secondary N) is 1. The van der Waals surface area contributed by atoms with Crippen LogP contribution in [-0.2, 0) is 0 Å². The summed E-state index contributed by atoms with van der Waals surface area (Å²) in [6.45, 7) is 3.98.